The number of Topliss-reactive ketones (excluding diaryl/α,β-unsaturated/α-hetero) is 1. The third-order valence-electron chi connectivity index (χ3n) is 4.74. The molecule has 1 aromatic rings. The van der Waals surface area contributed by atoms with Crippen molar-refractivity contribution in [3.63, 3.8) is 0 Å². The third kappa shape index (κ3) is 6.92. The second kappa shape index (κ2) is 10.2. The quantitative estimate of drug-likeness (QED) is 0.378. The van der Waals surface area contributed by atoms with E-state index in [2.05, 4.69) is 0 Å². The van der Waals surface area contributed by atoms with Gasteiger partial charge in [-0.25, -0.2) is 4.79 Å². The number of carbonyl (C=O) groups excluding carboxylic acids is 4. The van der Waals surface area contributed by atoms with Gasteiger partial charge in [0, 0.05) is 31.5 Å². The van der Waals surface area contributed by atoms with Gasteiger partial charge in [0.1, 0.15) is 23.0 Å². The van der Waals surface area contributed by atoms with Crippen LogP contribution in [0.15, 0.2) is 18.2 Å². The summed E-state index contributed by atoms with van der Waals surface area (Å²) in [7, 11) is 0. The SMILES string of the molecule is CC(=O)O[C@H]1[C@H](Oc2cc(N)ccc2C(=O)OC(C)(C)C)O[C@H](C(C)=O)[C@@H](C)[C@@H]1OC(C)=O. The summed E-state index contributed by atoms with van der Waals surface area (Å²) < 4.78 is 28.0. The summed E-state index contributed by atoms with van der Waals surface area (Å²) in [5.41, 5.74) is 5.44. The first kappa shape index (κ1) is 26.1. The number of hydrogen-bond acceptors (Lipinski definition) is 10. The summed E-state index contributed by atoms with van der Waals surface area (Å²) in [6, 6.07) is 4.31. The standard InChI is InChI=1S/C23H31NO9/c1-11-18(12(2)25)32-22(20(30-14(4)27)19(11)29-13(3)26)31-17-10-15(24)8-9-16(17)21(28)33-23(5,6)7/h8-11,18-20,22H,24H2,1-7H3/t11-,18+,19+,20-,22-/m1/s1. The van der Waals surface area contributed by atoms with Crippen molar-refractivity contribution in [3.05, 3.63) is 23.8 Å². The van der Waals surface area contributed by atoms with Crippen LogP contribution in [-0.4, -0.2) is 53.9 Å². The molecule has 2 N–H and O–H groups in total. The van der Waals surface area contributed by atoms with Crippen LogP contribution in [0.3, 0.4) is 0 Å². The Bertz CT molecular complexity index is 921. The number of ketones is 1. The minimum Gasteiger partial charge on any atom is -0.460 e. The number of rotatable bonds is 6. The monoisotopic (exact) mass is 465 g/mol. The van der Waals surface area contributed by atoms with Crippen molar-refractivity contribution in [2.45, 2.75) is 78.7 Å². The molecule has 1 fully saturated rings. The van der Waals surface area contributed by atoms with E-state index in [-0.39, 0.29) is 22.8 Å². The minimum absolute atomic E-state index is 0.00941. The molecule has 0 saturated carbocycles. The summed E-state index contributed by atoms with van der Waals surface area (Å²) in [6.45, 7) is 10.5. The molecule has 5 atom stereocenters. The molecule has 33 heavy (non-hydrogen) atoms. The number of esters is 3. The largest absolute Gasteiger partial charge is 0.460 e. The highest BCUT2D eigenvalue weighted by molar-refractivity contribution is 5.93. The maximum atomic E-state index is 12.7. The van der Waals surface area contributed by atoms with Gasteiger partial charge in [-0.1, -0.05) is 6.92 Å². The Morgan fingerprint density at radius 1 is 0.970 bits per heavy atom. The van der Waals surface area contributed by atoms with Crippen LogP contribution < -0.4 is 10.5 Å². The van der Waals surface area contributed by atoms with E-state index < -0.39 is 54.0 Å². The van der Waals surface area contributed by atoms with Gasteiger partial charge in [0.25, 0.3) is 0 Å². The van der Waals surface area contributed by atoms with Crippen LogP contribution in [0.5, 0.6) is 5.75 Å². The molecule has 10 heteroatoms. The second-order valence-corrected chi connectivity index (χ2v) is 8.92. The van der Waals surface area contributed by atoms with Crippen molar-refractivity contribution < 1.29 is 42.9 Å². The fourth-order valence-electron chi connectivity index (χ4n) is 3.48. The lowest BCUT2D eigenvalue weighted by molar-refractivity contribution is -0.261. The van der Waals surface area contributed by atoms with Crippen molar-refractivity contribution in [3.8, 4) is 5.75 Å². The minimum atomic E-state index is -1.38. The first-order chi connectivity index (χ1) is 15.2. The molecule has 182 valence electrons. The van der Waals surface area contributed by atoms with Crippen LogP contribution >= 0.6 is 0 Å². The van der Waals surface area contributed by atoms with Gasteiger partial charge in [-0.15, -0.1) is 0 Å². The second-order valence-electron chi connectivity index (χ2n) is 8.92. The molecule has 0 amide bonds. The van der Waals surface area contributed by atoms with E-state index in [4.69, 9.17) is 29.4 Å². The van der Waals surface area contributed by atoms with Gasteiger partial charge in [0.05, 0.1) is 0 Å². The van der Waals surface area contributed by atoms with Crippen molar-refractivity contribution >= 4 is 29.4 Å². The zero-order chi connectivity index (χ0) is 25.1. The highest BCUT2D eigenvalue weighted by Gasteiger charge is 2.50. The number of hydrogen-bond donors (Lipinski definition) is 1. The normalized spacial score (nSPS) is 25.0. The molecule has 1 saturated heterocycles. The van der Waals surface area contributed by atoms with Crippen molar-refractivity contribution in [1.29, 1.82) is 0 Å². The Labute approximate surface area is 192 Å². The molecule has 10 nitrogen and oxygen atoms in total. The number of nitrogen functional groups attached to an aromatic ring is 1. The van der Waals surface area contributed by atoms with Gasteiger partial charge < -0.3 is 29.4 Å². The van der Waals surface area contributed by atoms with Gasteiger partial charge in [-0.2, -0.15) is 0 Å². The summed E-state index contributed by atoms with van der Waals surface area (Å²) in [5, 5.41) is 0. The Hall–Kier alpha value is -3.14. The fourth-order valence-corrected chi connectivity index (χ4v) is 3.48. The van der Waals surface area contributed by atoms with Gasteiger partial charge >= 0.3 is 17.9 Å². The third-order valence-corrected chi connectivity index (χ3v) is 4.74. The first-order valence-electron chi connectivity index (χ1n) is 10.5. The summed E-state index contributed by atoms with van der Waals surface area (Å²) in [6.07, 6.45) is -4.65. The molecule has 2 rings (SSSR count). The topological polar surface area (TPSA) is 140 Å². The number of nitrogens with two attached hydrogens (primary N) is 1. The highest BCUT2D eigenvalue weighted by atomic mass is 16.7. The Kier molecular flexibility index (Phi) is 8.07. The predicted octanol–water partition coefficient (Wildman–Crippen LogP) is 2.42. The summed E-state index contributed by atoms with van der Waals surface area (Å²) in [4.78, 5) is 48.5. The van der Waals surface area contributed by atoms with Gasteiger partial charge in [0.2, 0.25) is 12.4 Å². The maximum Gasteiger partial charge on any atom is 0.342 e. The summed E-state index contributed by atoms with van der Waals surface area (Å²) >= 11 is 0. The number of benzene rings is 1. The smallest absolute Gasteiger partial charge is 0.342 e. The molecule has 0 aromatic heterocycles. The van der Waals surface area contributed by atoms with E-state index in [1.165, 1.54) is 39.0 Å². The molecular weight excluding hydrogens is 434 g/mol. The number of carbonyl (C=O) groups is 4. The lowest BCUT2D eigenvalue weighted by Crippen LogP contribution is -2.59. The Balaban J connectivity index is 2.50. The van der Waals surface area contributed by atoms with Crippen LogP contribution in [0.2, 0.25) is 0 Å². The maximum absolute atomic E-state index is 12.7. The van der Waals surface area contributed by atoms with Crippen LogP contribution in [0, 0.1) is 5.92 Å². The molecular formula is C23H31NO9. The van der Waals surface area contributed by atoms with E-state index in [1.807, 2.05) is 0 Å². The van der Waals surface area contributed by atoms with Gasteiger partial charge in [-0.3, -0.25) is 14.4 Å². The molecule has 1 aliphatic rings. The summed E-state index contributed by atoms with van der Waals surface area (Å²) in [5.74, 6) is -2.97. The highest BCUT2D eigenvalue weighted by Crippen LogP contribution is 2.34. The van der Waals surface area contributed by atoms with Crippen LogP contribution in [-0.2, 0) is 33.3 Å². The molecule has 0 radical (unpaired) electrons. The predicted molar refractivity (Wildman–Crippen MR) is 116 cm³/mol. The zero-order valence-electron chi connectivity index (χ0n) is 19.9. The van der Waals surface area contributed by atoms with E-state index in [9.17, 15) is 19.2 Å². The lowest BCUT2D eigenvalue weighted by atomic mass is 9.88. The average Bonchev–Trinajstić information content (AvgIpc) is 2.64. The average molecular weight is 465 g/mol. The van der Waals surface area contributed by atoms with Gasteiger partial charge in [0.15, 0.2) is 11.9 Å². The lowest BCUT2D eigenvalue weighted by Gasteiger charge is -2.43. The van der Waals surface area contributed by atoms with Crippen LogP contribution in [0.1, 0.15) is 58.8 Å². The fraction of sp³-hybridized carbons (Fsp3) is 0.565. The van der Waals surface area contributed by atoms with E-state index in [0.29, 0.717) is 0 Å². The molecule has 0 bridgehead atoms. The number of anilines is 1. The Morgan fingerprint density at radius 2 is 1.55 bits per heavy atom. The Morgan fingerprint density at radius 3 is 2.06 bits per heavy atom. The zero-order valence-corrected chi connectivity index (χ0v) is 19.9. The molecule has 0 aliphatic carbocycles. The molecule has 0 spiro atoms. The molecule has 1 aromatic carbocycles. The number of ether oxygens (including phenoxy) is 5. The van der Waals surface area contributed by atoms with Gasteiger partial charge in [-0.05, 0) is 39.8 Å². The molecule has 1 aliphatic heterocycles. The van der Waals surface area contributed by atoms with Crippen molar-refractivity contribution in [2.24, 2.45) is 5.92 Å². The first-order valence-corrected chi connectivity index (χ1v) is 10.5. The van der Waals surface area contributed by atoms with Crippen molar-refractivity contribution in [2.75, 3.05) is 5.73 Å². The van der Waals surface area contributed by atoms with E-state index >= 15 is 0 Å². The van der Waals surface area contributed by atoms with E-state index in [0.717, 1.165) is 0 Å². The molecule has 1 heterocycles. The van der Waals surface area contributed by atoms with Crippen LogP contribution in [0.4, 0.5) is 5.69 Å². The van der Waals surface area contributed by atoms with E-state index in [1.54, 1.807) is 27.7 Å². The van der Waals surface area contributed by atoms with Crippen LogP contribution in [0.25, 0.3) is 0 Å². The molecule has 0 unspecified atom stereocenters. The van der Waals surface area contributed by atoms with Crippen molar-refractivity contribution in [1.82, 2.24) is 0 Å².